The molecule has 0 unspecified atom stereocenters. The predicted octanol–water partition coefficient (Wildman–Crippen LogP) is 2.08. The van der Waals surface area contributed by atoms with E-state index in [1.165, 1.54) is 0 Å². The van der Waals surface area contributed by atoms with Crippen LogP contribution >= 0.6 is 11.8 Å². The Morgan fingerprint density at radius 1 is 1.17 bits per heavy atom. The fraction of sp³-hybridized carbons (Fsp3) is 0.133. The van der Waals surface area contributed by atoms with Gasteiger partial charge in [-0.05, 0) is 48.2 Å². The average Bonchev–Trinajstić information content (AvgIpc) is 2.60. The number of nitrogens with one attached hydrogen (secondary N) is 2. The van der Waals surface area contributed by atoms with Crippen molar-refractivity contribution < 1.29 is 19.5 Å². The maximum absolute atomic E-state index is 11.7. The van der Waals surface area contributed by atoms with E-state index < -0.39 is 5.24 Å². The molecule has 0 atom stereocenters. The van der Waals surface area contributed by atoms with E-state index in [1.807, 2.05) is 0 Å². The van der Waals surface area contributed by atoms with E-state index in [9.17, 15) is 9.59 Å². The zero-order chi connectivity index (χ0) is 16.5. The number of carbonyl (C=O) groups is 2. The van der Waals surface area contributed by atoms with Gasteiger partial charge >= 0.3 is 5.24 Å². The van der Waals surface area contributed by atoms with Crippen molar-refractivity contribution in [2.75, 3.05) is 13.2 Å². The standard InChI is InChI=1S/C15H15N3O4S/c19-14(13-3-1-2-8-16-13)17-9-10-22-11-4-6-12(7-5-11)23-15(20)18-21/h1-8,21H,9-10H2,(H,17,19)(H,18,20). The molecule has 3 N–H and O–H groups in total. The third-order valence-corrected chi connectivity index (χ3v) is 3.46. The summed E-state index contributed by atoms with van der Waals surface area (Å²) >= 11 is 0.863. The Bertz CT molecular complexity index is 650. The van der Waals surface area contributed by atoms with E-state index in [0.29, 0.717) is 29.5 Å². The lowest BCUT2D eigenvalue weighted by molar-refractivity contribution is 0.0942. The van der Waals surface area contributed by atoms with Crippen molar-refractivity contribution in [1.82, 2.24) is 15.8 Å². The number of nitrogens with zero attached hydrogens (tertiary/aromatic N) is 1. The van der Waals surface area contributed by atoms with Gasteiger partial charge in [0, 0.05) is 11.1 Å². The molecule has 0 fully saturated rings. The van der Waals surface area contributed by atoms with Gasteiger partial charge in [-0.15, -0.1) is 0 Å². The highest BCUT2D eigenvalue weighted by molar-refractivity contribution is 8.13. The van der Waals surface area contributed by atoms with Crippen LogP contribution < -0.4 is 15.5 Å². The van der Waals surface area contributed by atoms with Crippen LogP contribution in [0.1, 0.15) is 10.5 Å². The summed E-state index contributed by atoms with van der Waals surface area (Å²) in [6, 6.07) is 11.9. The fourth-order valence-electron chi connectivity index (χ4n) is 1.65. The number of aromatic nitrogens is 1. The van der Waals surface area contributed by atoms with Crippen molar-refractivity contribution in [2.45, 2.75) is 4.90 Å². The van der Waals surface area contributed by atoms with Crippen molar-refractivity contribution >= 4 is 22.9 Å². The van der Waals surface area contributed by atoms with Gasteiger partial charge in [-0.3, -0.25) is 19.8 Å². The monoisotopic (exact) mass is 333 g/mol. The maximum Gasteiger partial charge on any atom is 0.307 e. The summed E-state index contributed by atoms with van der Waals surface area (Å²) in [5.41, 5.74) is 1.90. The second kappa shape index (κ2) is 8.76. The first kappa shape index (κ1) is 16.8. The summed E-state index contributed by atoms with van der Waals surface area (Å²) in [6.07, 6.45) is 1.56. The van der Waals surface area contributed by atoms with E-state index in [4.69, 9.17) is 9.94 Å². The molecule has 2 amide bonds. The first-order valence-electron chi connectivity index (χ1n) is 6.73. The lowest BCUT2D eigenvalue weighted by Crippen LogP contribution is -2.28. The van der Waals surface area contributed by atoms with Crippen molar-refractivity contribution in [3.8, 4) is 5.75 Å². The third kappa shape index (κ3) is 5.61. The van der Waals surface area contributed by atoms with Gasteiger partial charge in [0.15, 0.2) is 0 Å². The lowest BCUT2D eigenvalue weighted by Gasteiger charge is -2.08. The summed E-state index contributed by atoms with van der Waals surface area (Å²) < 4.78 is 5.48. The molecule has 23 heavy (non-hydrogen) atoms. The van der Waals surface area contributed by atoms with Crippen LogP contribution in [0.4, 0.5) is 4.79 Å². The van der Waals surface area contributed by atoms with E-state index in [2.05, 4.69) is 10.3 Å². The van der Waals surface area contributed by atoms with Crippen LogP contribution in [-0.2, 0) is 0 Å². The number of carbonyl (C=O) groups excluding carboxylic acids is 2. The molecule has 0 spiro atoms. The highest BCUT2D eigenvalue weighted by Gasteiger charge is 2.05. The van der Waals surface area contributed by atoms with Crippen molar-refractivity contribution in [1.29, 1.82) is 0 Å². The highest BCUT2D eigenvalue weighted by Crippen LogP contribution is 2.21. The first-order valence-corrected chi connectivity index (χ1v) is 7.54. The molecule has 0 aliphatic carbocycles. The van der Waals surface area contributed by atoms with Crippen molar-refractivity contribution in [2.24, 2.45) is 0 Å². The number of amides is 2. The van der Waals surface area contributed by atoms with Gasteiger partial charge < -0.3 is 10.1 Å². The zero-order valence-electron chi connectivity index (χ0n) is 12.1. The van der Waals surface area contributed by atoms with Gasteiger partial charge in [-0.1, -0.05) is 6.07 Å². The number of ether oxygens (including phenoxy) is 1. The minimum absolute atomic E-state index is 0.254. The molecule has 0 aliphatic heterocycles. The summed E-state index contributed by atoms with van der Waals surface area (Å²) in [7, 11) is 0. The SMILES string of the molecule is O=C(NO)Sc1ccc(OCCNC(=O)c2ccccn2)cc1. The molecule has 0 bridgehead atoms. The topological polar surface area (TPSA) is 101 Å². The molecule has 1 heterocycles. The molecule has 0 saturated heterocycles. The van der Waals surface area contributed by atoms with Gasteiger partial charge in [0.1, 0.15) is 18.1 Å². The van der Waals surface area contributed by atoms with Crippen LogP contribution in [0.2, 0.25) is 0 Å². The van der Waals surface area contributed by atoms with Gasteiger partial charge in [0.25, 0.3) is 5.91 Å². The summed E-state index contributed by atoms with van der Waals surface area (Å²) in [5.74, 6) is 0.363. The Morgan fingerprint density at radius 2 is 1.96 bits per heavy atom. The van der Waals surface area contributed by atoms with E-state index in [0.717, 1.165) is 11.8 Å². The molecular weight excluding hydrogens is 318 g/mol. The highest BCUT2D eigenvalue weighted by atomic mass is 32.2. The second-order valence-electron chi connectivity index (χ2n) is 4.29. The Morgan fingerprint density at radius 3 is 2.61 bits per heavy atom. The Hall–Kier alpha value is -2.58. The Labute approximate surface area is 137 Å². The van der Waals surface area contributed by atoms with Crippen LogP contribution in [0.15, 0.2) is 53.6 Å². The average molecular weight is 333 g/mol. The number of hydroxylamine groups is 1. The second-order valence-corrected chi connectivity index (χ2v) is 5.34. The number of benzene rings is 1. The molecule has 1 aromatic carbocycles. The van der Waals surface area contributed by atoms with E-state index >= 15 is 0 Å². The summed E-state index contributed by atoms with van der Waals surface area (Å²) in [6.45, 7) is 0.654. The number of thioether (sulfide) groups is 1. The van der Waals surface area contributed by atoms with Crippen molar-refractivity contribution in [3.63, 3.8) is 0 Å². The zero-order valence-corrected chi connectivity index (χ0v) is 12.9. The smallest absolute Gasteiger partial charge is 0.307 e. The molecule has 120 valence electrons. The third-order valence-electron chi connectivity index (χ3n) is 2.68. The van der Waals surface area contributed by atoms with Gasteiger partial charge in [-0.2, -0.15) is 0 Å². The van der Waals surface area contributed by atoms with E-state index in [-0.39, 0.29) is 5.91 Å². The molecule has 0 saturated carbocycles. The summed E-state index contributed by atoms with van der Waals surface area (Å²) in [4.78, 5) is 27.3. The molecule has 2 aromatic rings. The van der Waals surface area contributed by atoms with Crippen LogP contribution in [0.5, 0.6) is 5.75 Å². The predicted molar refractivity (Wildman–Crippen MR) is 84.7 cm³/mol. The van der Waals surface area contributed by atoms with Crippen LogP contribution in [0, 0.1) is 0 Å². The van der Waals surface area contributed by atoms with Gasteiger partial charge in [0.2, 0.25) is 0 Å². The van der Waals surface area contributed by atoms with Gasteiger partial charge in [-0.25, -0.2) is 5.48 Å². The Balaban J connectivity index is 1.72. The molecule has 7 nitrogen and oxygen atoms in total. The normalized spacial score (nSPS) is 9.96. The molecule has 1 aromatic heterocycles. The molecule has 0 radical (unpaired) electrons. The van der Waals surface area contributed by atoms with Crippen LogP contribution in [0.3, 0.4) is 0 Å². The van der Waals surface area contributed by atoms with Crippen LogP contribution in [0.25, 0.3) is 0 Å². The first-order chi connectivity index (χ1) is 11.2. The quantitative estimate of drug-likeness (QED) is 0.324. The van der Waals surface area contributed by atoms with Crippen molar-refractivity contribution in [3.05, 3.63) is 54.4 Å². The number of hydrogen-bond donors (Lipinski definition) is 3. The fourth-order valence-corrected chi connectivity index (χ4v) is 2.19. The number of pyridine rings is 1. The molecular formula is C15H15N3O4S. The Kier molecular flexibility index (Phi) is 6.40. The molecule has 8 heteroatoms. The number of hydrogen-bond acceptors (Lipinski definition) is 6. The van der Waals surface area contributed by atoms with Crippen LogP contribution in [-0.4, -0.2) is 34.5 Å². The number of rotatable bonds is 6. The van der Waals surface area contributed by atoms with Gasteiger partial charge in [0.05, 0.1) is 6.54 Å². The maximum atomic E-state index is 11.7. The van der Waals surface area contributed by atoms with E-state index in [1.54, 1.807) is 54.1 Å². The minimum atomic E-state index is -0.559. The molecule has 2 rings (SSSR count). The largest absolute Gasteiger partial charge is 0.492 e. The summed E-state index contributed by atoms with van der Waals surface area (Å²) in [5, 5.41) is 10.6. The minimum Gasteiger partial charge on any atom is -0.492 e. The molecule has 0 aliphatic rings. The lowest BCUT2D eigenvalue weighted by atomic mass is 10.3.